The Bertz CT molecular complexity index is 321. The zero-order valence-electron chi connectivity index (χ0n) is 8.33. The molecule has 0 bridgehead atoms. The van der Waals surface area contributed by atoms with E-state index in [4.69, 9.17) is 0 Å². The summed E-state index contributed by atoms with van der Waals surface area (Å²) in [6, 6.07) is 2.00. The zero-order chi connectivity index (χ0) is 9.97. The van der Waals surface area contributed by atoms with Crippen LogP contribution in [0, 0.1) is 0 Å². The van der Waals surface area contributed by atoms with Crippen LogP contribution in [0.15, 0.2) is 10.7 Å². The summed E-state index contributed by atoms with van der Waals surface area (Å²) >= 11 is 3.42. The van der Waals surface area contributed by atoms with Gasteiger partial charge < -0.3 is 4.90 Å². The molecule has 0 saturated carbocycles. The highest BCUT2D eigenvalue weighted by molar-refractivity contribution is 9.10. The summed E-state index contributed by atoms with van der Waals surface area (Å²) in [6.45, 7) is 4.34. The molecule has 3 nitrogen and oxygen atoms in total. The summed E-state index contributed by atoms with van der Waals surface area (Å²) in [6.07, 6.45) is 3.45. The van der Waals surface area contributed by atoms with Gasteiger partial charge in [-0.15, -0.1) is 0 Å². The molecule has 0 atom stereocenters. The summed E-state index contributed by atoms with van der Waals surface area (Å²) in [7, 11) is 0. The molecular weight excluding hydrogens is 242 g/mol. The van der Waals surface area contributed by atoms with Crippen LogP contribution in [0.4, 0.5) is 5.82 Å². The van der Waals surface area contributed by atoms with Crippen molar-refractivity contribution >= 4 is 21.7 Å². The van der Waals surface area contributed by atoms with E-state index in [2.05, 4.69) is 37.7 Å². The molecule has 1 saturated heterocycles. The van der Waals surface area contributed by atoms with Crippen LogP contribution >= 0.6 is 15.9 Å². The van der Waals surface area contributed by atoms with Gasteiger partial charge in [-0.3, -0.25) is 0 Å². The van der Waals surface area contributed by atoms with Gasteiger partial charge in [-0.1, -0.05) is 6.92 Å². The number of hydrogen-bond acceptors (Lipinski definition) is 3. The van der Waals surface area contributed by atoms with Crippen LogP contribution in [0.25, 0.3) is 0 Å². The van der Waals surface area contributed by atoms with Crippen molar-refractivity contribution in [1.82, 2.24) is 9.97 Å². The molecule has 0 aliphatic carbocycles. The summed E-state index contributed by atoms with van der Waals surface area (Å²) in [5, 5.41) is 0. The number of nitrogens with zero attached hydrogens (tertiary/aromatic N) is 3. The van der Waals surface area contributed by atoms with Crippen molar-refractivity contribution < 1.29 is 0 Å². The summed E-state index contributed by atoms with van der Waals surface area (Å²) in [5.74, 6) is 1.99. The van der Waals surface area contributed by atoms with Crippen molar-refractivity contribution in [3.8, 4) is 0 Å². The quantitative estimate of drug-likeness (QED) is 0.761. The second kappa shape index (κ2) is 4.26. The zero-order valence-corrected chi connectivity index (χ0v) is 9.92. The molecule has 76 valence electrons. The second-order valence-corrected chi connectivity index (χ2v) is 4.33. The minimum Gasteiger partial charge on any atom is -0.356 e. The maximum absolute atomic E-state index is 4.52. The average Bonchev–Trinajstić information content (AvgIpc) is 2.69. The average molecular weight is 256 g/mol. The molecule has 1 fully saturated rings. The summed E-state index contributed by atoms with van der Waals surface area (Å²) < 4.78 is 0.895. The number of halogens is 1. The van der Waals surface area contributed by atoms with Gasteiger partial charge in [0.1, 0.15) is 16.2 Å². The maximum atomic E-state index is 4.52. The minimum absolute atomic E-state index is 0.889. The molecule has 0 unspecified atom stereocenters. The number of aromatic nitrogens is 2. The fourth-order valence-electron chi connectivity index (χ4n) is 1.72. The summed E-state index contributed by atoms with van der Waals surface area (Å²) in [5.41, 5.74) is 0. The third-order valence-electron chi connectivity index (χ3n) is 2.47. The SMILES string of the molecule is CCc1nc(Br)cc(N2CCCC2)n1. The number of anilines is 1. The lowest BCUT2D eigenvalue weighted by atomic mass is 10.4. The van der Waals surface area contributed by atoms with Crippen LogP contribution in [0.5, 0.6) is 0 Å². The van der Waals surface area contributed by atoms with E-state index in [0.717, 1.165) is 35.8 Å². The Morgan fingerprint density at radius 2 is 2.07 bits per heavy atom. The highest BCUT2D eigenvalue weighted by atomic mass is 79.9. The smallest absolute Gasteiger partial charge is 0.133 e. The highest BCUT2D eigenvalue weighted by Crippen LogP contribution is 2.20. The Morgan fingerprint density at radius 1 is 1.36 bits per heavy atom. The fourth-order valence-corrected chi connectivity index (χ4v) is 2.13. The number of aryl methyl sites for hydroxylation is 1. The molecule has 14 heavy (non-hydrogen) atoms. The van der Waals surface area contributed by atoms with Gasteiger partial charge in [0.15, 0.2) is 0 Å². The monoisotopic (exact) mass is 255 g/mol. The first-order valence-electron chi connectivity index (χ1n) is 5.08. The van der Waals surface area contributed by atoms with Crippen molar-refractivity contribution in [2.45, 2.75) is 26.2 Å². The normalized spacial score (nSPS) is 16.3. The second-order valence-electron chi connectivity index (χ2n) is 3.51. The van der Waals surface area contributed by atoms with Crippen LogP contribution in [0.1, 0.15) is 25.6 Å². The van der Waals surface area contributed by atoms with E-state index in [1.54, 1.807) is 0 Å². The van der Waals surface area contributed by atoms with Crippen molar-refractivity contribution in [3.05, 3.63) is 16.5 Å². The van der Waals surface area contributed by atoms with E-state index in [9.17, 15) is 0 Å². The van der Waals surface area contributed by atoms with Gasteiger partial charge >= 0.3 is 0 Å². The molecular formula is C10H14BrN3. The van der Waals surface area contributed by atoms with E-state index >= 15 is 0 Å². The Labute approximate surface area is 92.7 Å². The van der Waals surface area contributed by atoms with Gasteiger partial charge in [0.2, 0.25) is 0 Å². The van der Waals surface area contributed by atoms with E-state index in [1.165, 1.54) is 12.8 Å². The predicted octanol–water partition coefficient (Wildman–Crippen LogP) is 2.40. The maximum Gasteiger partial charge on any atom is 0.133 e. The van der Waals surface area contributed by atoms with Gasteiger partial charge in [0, 0.05) is 25.6 Å². The van der Waals surface area contributed by atoms with E-state index in [1.807, 2.05) is 6.07 Å². The Balaban J connectivity index is 2.27. The molecule has 1 aromatic heterocycles. The third-order valence-corrected chi connectivity index (χ3v) is 2.88. The Kier molecular flexibility index (Phi) is 3.01. The van der Waals surface area contributed by atoms with Crippen LogP contribution in [0.3, 0.4) is 0 Å². The first kappa shape index (κ1) is 9.90. The lowest BCUT2D eigenvalue weighted by Crippen LogP contribution is -2.19. The van der Waals surface area contributed by atoms with Crippen molar-refractivity contribution in [1.29, 1.82) is 0 Å². The number of hydrogen-bond donors (Lipinski definition) is 0. The van der Waals surface area contributed by atoms with E-state index in [0.29, 0.717) is 0 Å². The fraction of sp³-hybridized carbons (Fsp3) is 0.600. The molecule has 1 aliphatic heterocycles. The first-order valence-corrected chi connectivity index (χ1v) is 5.87. The largest absolute Gasteiger partial charge is 0.356 e. The van der Waals surface area contributed by atoms with Gasteiger partial charge in [-0.25, -0.2) is 9.97 Å². The lowest BCUT2D eigenvalue weighted by Gasteiger charge is -2.16. The van der Waals surface area contributed by atoms with Crippen LogP contribution in [-0.4, -0.2) is 23.1 Å². The predicted molar refractivity (Wildman–Crippen MR) is 60.6 cm³/mol. The Hall–Kier alpha value is -0.640. The standard InChI is InChI=1S/C10H14BrN3/c1-2-9-12-8(11)7-10(13-9)14-5-3-4-6-14/h7H,2-6H2,1H3. The lowest BCUT2D eigenvalue weighted by molar-refractivity contribution is 0.871. The van der Waals surface area contributed by atoms with Crippen LogP contribution < -0.4 is 4.90 Å². The van der Waals surface area contributed by atoms with Crippen molar-refractivity contribution in [2.24, 2.45) is 0 Å². The Morgan fingerprint density at radius 3 is 2.71 bits per heavy atom. The van der Waals surface area contributed by atoms with Crippen LogP contribution in [-0.2, 0) is 6.42 Å². The van der Waals surface area contributed by atoms with E-state index in [-0.39, 0.29) is 0 Å². The summed E-state index contributed by atoms with van der Waals surface area (Å²) in [4.78, 5) is 11.1. The highest BCUT2D eigenvalue weighted by Gasteiger charge is 2.14. The molecule has 2 rings (SSSR count). The minimum atomic E-state index is 0.889. The van der Waals surface area contributed by atoms with Crippen molar-refractivity contribution in [2.75, 3.05) is 18.0 Å². The van der Waals surface area contributed by atoms with Gasteiger partial charge in [-0.05, 0) is 28.8 Å². The molecule has 0 aromatic carbocycles. The first-order chi connectivity index (χ1) is 6.79. The van der Waals surface area contributed by atoms with Gasteiger partial charge in [0.05, 0.1) is 0 Å². The molecule has 4 heteroatoms. The van der Waals surface area contributed by atoms with Gasteiger partial charge in [0.25, 0.3) is 0 Å². The molecule has 1 aromatic rings. The molecule has 0 N–H and O–H groups in total. The van der Waals surface area contributed by atoms with Crippen molar-refractivity contribution in [3.63, 3.8) is 0 Å². The molecule has 0 radical (unpaired) electrons. The van der Waals surface area contributed by atoms with Crippen LogP contribution in [0.2, 0.25) is 0 Å². The van der Waals surface area contributed by atoms with Gasteiger partial charge in [-0.2, -0.15) is 0 Å². The molecule has 0 amide bonds. The third kappa shape index (κ3) is 2.05. The number of rotatable bonds is 2. The topological polar surface area (TPSA) is 29.0 Å². The van der Waals surface area contributed by atoms with E-state index < -0.39 is 0 Å². The molecule has 0 spiro atoms. The molecule has 2 heterocycles. The molecule has 1 aliphatic rings.